The molecule has 2 aliphatic rings. The fourth-order valence-corrected chi connectivity index (χ4v) is 1.81. The van der Waals surface area contributed by atoms with Crippen molar-refractivity contribution in [1.82, 2.24) is 9.80 Å². The smallest absolute Gasteiger partial charge is 0.307 e. The Morgan fingerprint density at radius 3 is 1.71 bits per heavy atom. The zero-order chi connectivity index (χ0) is 17.6. The van der Waals surface area contributed by atoms with Gasteiger partial charge in [-0.1, -0.05) is 13.3 Å². The van der Waals surface area contributed by atoms with Gasteiger partial charge in [-0.2, -0.15) is 0 Å². The van der Waals surface area contributed by atoms with Gasteiger partial charge in [0.25, 0.3) is 0 Å². The summed E-state index contributed by atoms with van der Waals surface area (Å²) in [5.41, 5.74) is 0. The van der Waals surface area contributed by atoms with Crippen molar-refractivity contribution >= 4 is 11.9 Å². The minimum absolute atomic E-state index is 0.0460. The van der Waals surface area contributed by atoms with Crippen LogP contribution in [0.25, 0.3) is 0 Å². The van der Waals surface area contributed by atoms with E-state index in [-0.39, 0.29) is 18.5 Å². The van der Waals surface area contributed by atoms with Crippen LogP contribution < -0.4 is 0 Å². The third-order valence-corrected chi connectivity index (χ3v) is 3.67. The highest BCUT2D eigenvalue weighted by molar-refractivity contribution is 5.69. The molecule has 0 saturated carbocycles. The van der Waals surface area contributed by atoms with Crippen molar-refractivity contribution in [3.63, 3.8) is 0 Å². The number of unbranched alkanes of at least 4 members (excludes halogenated alkanes) is 1. The Balaban J connectivity index is 0.000000240. The summed E-state index contributed by atoms with van der Waals surface area (Å²) in [5, 5.41) is 8.41. The predicted octanol–water partition coefficient (Wildman–Crippen LogP) is 0.653. The molecule has 0 aromatic carbocycles. The molecule has 0 radical (unpaired) electrons. The largest absolute Gasteiger partial charge is 0.466 e. The van der Waals surface area contributed by atoms with E-state index in [0.717, 1.165) is 52.1 Å². The monoisotopic (exact) mass is 344 g/mol. The third kappa shape index (κ3) is 13.3. The Bertz CT molecular complexity index is 323. The molecule has 0 atom stereocenters. The molecule has 2 saturated heterocycles. The first kappa shape index (κ1) is 20.9. The SMILES string of the molecule is CCCCOC(=O)CCN1CC1.O=C(CCN1CC1)OCCCO. The standard InChI is InChI=1S/C9H17NO2.C8H15NO3/c1-2-3-8-12-9(11)4-5-10-6-7-10;10-6-1-7-12-8(11)2-3-9-4-5-9/h2-8H2,1H3;10H,1-7H2. The average molecular weight is 344 g/mol. The van der Waals surface area contributed by atoms with Crippen LogP contribution in [0.5, 0.6) is 0 Å². The Labute approximate surface area is 144 Å². The first-order valence-corrected chi connectivity index (χ1v) is 9.02. The van der Waals surface area contributed by atoms with Gasteiger partial charge in [-0.15, -0.1) is 0 Å². The van der Waals surface area contributed by atoms with Crippen LogP contribution in [0.15, 0.2) is 0 Å². The minimum atomic E-state index is -0.157. The van der Waals surface area contributed by atoms with E-state index in [1.165, 1.54) is 0 Å². The quantitative estimate of drug-likeness (QED) is 0.316. The summed E-state index contributed by atoms with van der Waals surface area (Å²) < 4.78 is 9.83. The number of aliphatic hydroxyl groups excluding tert-OH is 1. The lowest BCUT2D eigenvalue weighted by Gasteiger charge is -2.03. The lowest BCUT2D eigenvalue weighted by atomic mass is 10.3. The van der Waals surface area contributed by atoms with Crippen LogP contribution in [0.3, 0.4) is 0 Å². The first-order chi connectivity index (χ1) is 11.7. The number of hydrogen-bond acceptors (Lipinski definition) is 7. The van der Waals surface area contributed by atoms with Gasteiger partial charge in [0.1, 0.15) is 0 Å². The molecule has 7 nitrogen and oxygen atoms in total. The summed E-state index contributed by atoms with van der Waals surface area (Å²) in [6.07, 6.45) is 3.64. The molecule has 24 heavy (non-hydrogen) atoms. The topological polar surface area (TPSA) is 78.9 Å². The molecule has 2 fully saturated rings. The summed E-state index contributed by atoms with van der Waals surface area (Å²) in [5.74, 6) is -0.203. The summed E-state index contributed by atoms with van der Waals surface area (Å²) in [4.78, 5) is 26.3. The van der Waals surface area contributed by atoms with Crippen molar-refractivity contribution in [2.75, 3.05) is 59.1 Å². The molecule has 0 amide bonds. The minimum Gasteiger partial charge on any atom is -0.466 e. The number of carbonyl (C=O) groups excluding carboxylic acids is 2. The van der Waals surface area contributed by atoms with E-state index in [1.807, 2.05) is 0 Å². The Morgan fingerprint density at radius 2 is 1.33 bits per heavy atom. The Kier molecular flexibility index (Phi) is 11.4. The highest BCUT2D eigenvalue weighted by Crippen LogP contribution is 2.05. The highest BCUT2D eigenvalue weighted by atomic mass is 16.5. The molecule has 7 heteroatoms. The van der Waals surface area contributed by atoms with E-state index in [1.54, 1.807) is 0 Å². The Morgan fingerprint density at radius 1 is 0.875 bits per heavy atom. The summed E-state index contributed by atoms with van der Waals surface area (Å²) in [7, 11) is 0. The van der Waals surface area contributed by atoms with E-state index in [2.05, 4.69) is 16.7 Å². The van der Waals surface area contributed by atoms with Gasteiger partial charge in [-0.3, -0.25) is 9.59 Å². The maximum Gasteiger partial charge on any atom is 0.307 e. The van der Waals surface area contributed by atoms with Crippen LogP contribution in [-0.4, -0.2) is 85.9 Å². The molecular weight excluding hydrogens is 312 g/mol. The fraction of sp³-hybridized carbons (Fsp3) is 0.882. The third-order valence-electron chi connectivity index (χ3n) is 3.67. The van der Waals surface area contributed by atoms with Crippen molar-refractivity contribution in [3.8, 4) is 0 Å². The van der Waals surface area contributed by atoms with Gasteiger partial charge in [-0.25, -0.2) is 0 Å². The number of rotatable bonds is 12. The zero-order valence-electron chi connectivity index (χ0n) is 14.9. The van der Waals surface area contributed by atoms with E-state index in [9.17, 15) is 9.59 Å². The van der Waals surface area contributed by atoms with E-state index >= 15 is 0 Å². The average Bonchev–Trinajstić information content (AvgIpc) is 3.47. The molecule has 2 rings (SSSR count). The number of esters is 2. The van der Waals surface area contributed by atoms with Crippen LogP contribution in [0.2, 0.25) is 0 Å². The second kappa shape index (κ2) is 13.1. The number of ether oxygens (including phenoxy) is 2. The maximum absolute atomic E-state index is 11.0. The number of aliphatic hydroxyl groups is 1. The molecular formula is C17H32N2O5. The molecule has 2 heterocycles. The molecule has 2 aliphatic heterocycles. The van der Waals surface area contributed by atoms with Gasteiger partial charge in [0.15, 0.2) is 0 Å². The van der Waals surface area contributed by atoms with E-state index < -0.39 is 0 Å². The summed E-state index contributed by atoms with van der Waals surface area (Å²) in [6.45, 7) is 9.34. The van der Waals surface area contributed by atoms with Gasteiger partial charge in [0.2, 0.25) is 0 Å². The zero-order valence-corrected chi connectivity index (χ0v) is 14.9. The van der Waals surface area contributed by atoms with Crippen LogP contribution in [0.4, 0.5) is 0 Å². The first-order valence-electron chi connectivity index (χ1n) is 9.02. The molecule has 0 spiro atoms. The van der Waals surface area contributed by atoms with Crippen molar-refractivity contribution in [3.05, 3.63) is 0 Å². The second-order valence-corrected chi connectivity index (χ2v) is 6.05. The number of carbonyl (C=O) groups is 2. The normalized spacial score (nSPS) is 16.1. The van der Waals surface area contributed by atoms with Crippen molar-refractivity contribution < 1.29 is 24.2 Å². The van der Waals surface area contributed by atoms with Crippen molar-refractivity contribution in [2.24, 2.45) is 0 Å². The van der Waals surface area contributed by atoms with Gasteiger partial charge in [0, 0.05) is 52.3 Å². The number of hydrogen-bond donors (Lipinski definition) is 1. The van der Waals surface area contributed by atoms with Crippen LogP contribution in [-0.2, 0) is 19.1 Å². The molecule has 140 valence electrons. The van der Waals surface area contributed by atoms with E-state index in [4.69, 9.17) is 14.6 Å². The lowest BCUT2D eigenvalue weighted by Crippen LogP contribution is -2.12. The van der Waals surface area contributed by atoms with E-state index in [0.29, 0.717) is 32.5 Å². The van der Waals surface area contributed by atoms with Crippen LogP contribution >= 0.6 is 0 Å². The molecule has 0 bridgehead atoms. The lowest BCUT2D eigenvalue weighted by molar-refractivity contribution is -0.144. The predicted molar refractivity (Wildman–Crippen MR) is 90.6 cm³/mol. The highest BCUT2D eigenvalue weighted by Gasteiger charge is 2.18. The number of nitrogens with zero attached hydrogens (tertiary/aromatic N) is 2. The summed E-state index contributed by atoms with van der Waals surface area (Å²) in [6, 6.07) is 0. The molecule has 0 aliphatic carbocycles. The maximum atomic E-state index is 11.0. The van der Waals surface area contributed by atoms with Gasteiger partial charge < -0.3 is 24.4 Å². The second-order valence-electron chi connectivity index (χ2n) is 6.05. The van der Waals surface area contributed by atoms with Crippen molar-refractivity contribution in [2.45, 2.75) is 39.0 Å². The van der Waals surface area contributed by atoms with Crippen LogP contribution in [0, 0.1) is 0 Å². The molecule has 0 unspecified atom stereocenters. The van der Waals surface area contributed by atoms with Gasteiger partial charge in [0.05, 0.1) is 26.1 Å². The molecule has 0 aromatic heterocycles. The molecule has 0 aromatic rings. The van der Waals surface area contributed by atoms with Crippen LogP contribution in [0.1, 0.15) is 39.0 Å². The van der Waals surface area contributed by atoms with Gasteiger partial charge >= 0.3 is 11.9 Å². The fourth-order valence-electron chi connectivity index (χ4n) is 1.81. The van der Waals surface area contributed by atoms with Crippen molar-refractivity contribution in [1.29, 1.82) is 0 Å². The van der Waals surface area contributed by atoms with Gasteiger partial charge in [-0.05, 0) is 6.42 Å². The Hall–Kier alpha value is -1.18. The summed E-state index contributed by atoms with van der Waals surface area (Å²) >= 11 is 0. The molecule has 1 N–H and O–H groups in total.